The number of fused-ring (bicyclic) bond motifs is 3. The highest BCUT2D eigenvalue weighted by Crippen LogP contribution is 2.34. The highest BCUT2D eigenvalue weighted by Gasteiger charge is 2.19. The van der Waals surface area contributed by atoms with E-state index in [0.717, 1.165) is 35.5 Å². The van der Waals surface area contributed by atoms with Crippen molar-refractivity contribution in [1.29, 1.82) is 0 Å². The Morgan fingerprint density at radius 1 is 1.11 bits per heavy atom. The van der Waals surface area contributed by atoms with Crippen molar-refractivity contribution in [1.82, 2.24) is 24.1 Å². The normalized spacial score (nSPS) is 12.6. The molecule has 0 aliphatic heterocycles. The van der Waals surface area contributed by atoms with Crippen molar-refractivity contribution < 1.29 is 0 Å². The van der Waals surface area contributed by atoms with Crippen LogP contribution in [0.15, 0.2) is 58.7 Å². The van der Waals surface area contributed by atoms with Gasteiger partial charge < -0.3 is 0 Å². The molecule has 0 spiro atoms. The van der Waals surface area contributed by atoms with Crippen molar-refractivity contribution in [3.05, 3.63) is 64.7 Å². The van der Waals surface area contributed by atoms with Crippen LogP contribution < -0.4 is 5.56 Å². The van der Waals surface area contributed by atoms with Gasteiger partial charge in [0, 0.05) is 24.2 Å². The third kappa shape index (κ3) is 3.42. The average Bonchev–Trinajstić information content (AvgIpc) is 3.14. The molecular weight excluding hydrogens is 370 g/mol. The molecule has 0 amide bonds. The molecule has 144 valence electrons. The van der Waals surface area contributed by atoms with Gasteiger partial charge in [0.15, 0.2) is 5.16 Å². The number of rotatable bonds is 7. The number of para-hydroxylation sites is 1. The molecule has 1 unspecified atom stereocenters. The lowest BCUT2D eigenvalue weighted by Crippen LogP contribution is -2.23. The number of pyridine rings is 1. The van der Waals surface area contributed by atoms with Gasteiger partial charge in [-0.25, -0.2) is 0 Å². The summed E-state index contributed by atoms with van der Waals surface area (Å²) in [6, 6.07) is 11.7. The Labute approximate surface area is 167 Å². The Morgan fingerprint density at radius 2 is 1.96 bits per heavy atom. The van der Waals surface area contributed by atoms with Gasteiger partial charge in [-0.1, -0.05) is 49.7 Å². The summed E-state index contributed by atoms with van der Waals surface area (Å²) < 4.78 is 3.78. The number of aromatic nitrogens is 5. The largest absolute Gasteiger partial charge is 0.276 e. The van der Waals surface area contributed by atoms with Crippen LogP contribution in [0.5, 0.6) is 0 Å². The molecule has 0 saturated carbocycles. The molecule has 3 heterocycles. The number of thioether (sulfide) groups is 1. The van der Waals surface area contributed by atoms with Crippen LogP contribution in [0.1, 0.15) is 43.9 Å². The summed E-state index contributed by atoms with van der Waals surface area (Å²) in [7, 11) is 0. The lowest BCUT2D eigenvalue weighted by molar-refractivity contribution is 0.594. The molecule has 4 aromatic rings. The predicted octanol–water partition coefficient (Wildman–Crippen LogP) is 4.48. The minimum Gasteiger partial charge on any atom is -0.276 e. The van der Waals surface area contributed by atoms with Gasteiger partial charge in [-0.2, -0.15) is 0 Å². The molecule has 28 heavy (non-hydrogen) atoms. The maximum absolute atomic E-state index is 13.1. The number of benzene rings is 1. The van der Waals surface area contributed by atoms with E-state index in [2.05, 4.69) is 35.1 Å². The Kier molecular flexibility index (Phi) is 5.43. The average molecular weight is 394 g/mol. The SMILES string of the molecule is CCCCCn1c(=O)c2ccccc2n2c(SC(C)c3cccnc3)nnc12. The van der Waals surface area contributed by atoms with Crippen LogP contribution in [0.25, 0.3) is 16.7 Å². The van der Waals surface area contributed by atoms with Gasteiger partial charge >= 0.3 is 0 Å². The van der Waals surface area contributed by atoms with Crippen molar-refractivity contribution in [3.63, 3.8) is 0 Å². The summed E-state index contributed by atoms with van der Waals surface area (Å²) in [5.74, 6) is 0.612. The van der Waals surface area contributed by atoms with Crippen LogP contribution in [-0.2, 0) is 6.54 Å². The molecule has 4 rings (SSSR count). The van der Waals surface area contributed by atoms with Crippen LogP contribution in [0, 0.1) is 0 Å². The summed E-state index contributed by atoms with van der Waals surface area (Å²) in [6.07, 6.45) is 6.79. The van der Waals surface area contributed by atoms with Gasteiger partial charge in [0.25, 0.3) is 5.56 Å². The molecule has 1 aromatic carbocycles. The smallest absolute Gasteiger partial charge is 0.262 e. The van der Waals surface area contributed by atoms with Crippen molar-refractivity contribution >= 4 is 28.4 Å². The van der Waals surface area contributed by atoms with E-state index in [4.69, 9.17) is 0 Å². The Hall–Kier alpha value is -2.67. The van der Waals surface area contributed by atoms with Gasteiger partial charge in [-0.15, -0.1) is 10.2 Å². The van der Waals surface area contributed by atoms with Crippen molar-refractivity contribution in [2.24, 2.45) is 0 Å². The highest BCUT2D eigenvalue weighted by atomic mass is 32.2. The fraction of sp³-hybridized carbons (Fsp3) is 0.333. The lowest BCUT2D eigenvalue weighted by atomic mass is 10.2. The maximum atomic E-state index is 13.1. The van der Waals surface area contributed by atoms with Crippen LogP contribution >= 0.6 is 11.8 Å². The molecule has 0 fully saturated rings. The summed E-state index contributed by atoms with van der Waals surface area (Å²) in [6.45, 7) is 4.94. The van der Waals surface area contributed by atoms with Crippen LogP contribution in [-0.4, -0.2) is 24.1 Å². The molecule has 0 bridgehead atoms. The topological polar surface area (TPSA) is 65.1 Å². The second-order valence-electron chi connectivity index (χ2n) is 6.85. The molecule has 0 radical (unpaired) electrons. The zero-order valence-corrected chi connectivity index (χ0v) is 16.9. The minimum absolute atomic E-state index is 0.00320. The first-order valence-corrected chi connectivity index (χ1v) is 10.5. The number of hydrogen-bond donors (Lipinski definition) is 0. The molecule has 0 aliphatic rings. The first-order chi connectivity index (χ1) is 13.7. The third-order valence-corrected chi connectivity index (χ3v) is 6.00. The zero-order chi connectivity index (χ0) is 19.5. The zero-order valence-electron chi connectivity index (χ0n) is 16.1. The first-order valence-electron chi connectivity index (χ1n) is 9.64. The first kappa shape index (κ1) is 18.7. The van der Waals surface area contributed by atoms with E-state index in [1.54, 1.807) is 22.5 Å². The minimum atomic E-state index is 0.00320. The molecule has 0 N–H and O–H groups in total. The standard InChI is InChI=1S/C21H23N5OS/c1-3-4-7-13-25-19(27)17-10-5-6-11-18(17)26-20(25)23-24-21(26)28-15(2)16-9-8-12-22-14-16/h5-6,8-12,14-15H,3-4,7,13H2,1-2H3. The van der Waals surface area contributed by atoms with Gasteiger partial charge in [0.05, 0.1) is 10.9 Å². The summed E-state index contributed by atoms with van der Waals surface area (Å²) in [5.41, 5.74) is 1.98. The van der Waals surface area contributed by atoms with Crippen LogP contribution in [0.2, 0.25) is 0 Å². The quantitative estimate of drug-likeness (QED) is 0.342. The Balaban J connectivity index is 1.84. The van der Waals surface area contributed by atoms with Gasteiger partial charge in [0.2, 0.25) is 5.78 Å². The predicted molar refractivity (Wildman–Crippen MR) is 113 cm³/mol. The van der Waals surface area contributed by atoms with E-state index in [0.29, 0.717) is 17.7 Å². The number of hydrogen-bond acceptors (Lipinski definition) is 5. The molecular formula is C21H23N5OS. The number of nitrogens with zero attached hydrogens (tertiary/aromatic N) is 5. The fourth-order valence-electron chi connectivity index (χ4n) is 3.37. The third-order valence-electron chi connectivity index (χ3n) is 4.90. The highest BCUT2D eigenvalue weighted by molar-refractivity contribution is 7.99. The second-order valence-corrected chi connectivity index (χ2v) is 8.15. The van der Waals surface area contributed by atoms with E-state index >= 15 is 0 Å². The van der Waals surface area contributed by atoms with Gasteiger partial charge in [-0.05, 0) is 37.1 Å². The molecule has 1 atom stereocenters. The van der Waals surface area contributed by atoms with Crippen LogP contribution in [0.3, 0.4) is 0 Å². The Morgan fingerprint density at radius 3 is 2.75 bits per heavy atom. The van der Waals surface area contributed by atoms with E-state index in [-0.39, 0.29) is 10.8 Å². The summed E-state index contributed by atoms with van der Waals surface area (Å²) in [5, 5.41) is 10.5. The van der Waals surface area contributed by atoms with Crippen molar-refractivity contribution in [3.8, 4) is 0 Å². The van der Waals surface area contributed by atoms with E-state index in [1.807, 2.05) is 40.9 Å². The molecule has 0 aliphatic carbocycles. The second kappa shape index (κ2) is 8.14. The lowest BCUT2D eigenvalue weighted by Gasteiger charge is -2.13. The number of unbranched alkanes of at least 4 members (excludes halogenated alkanes) is 2. The van der Waals surface area contributed by atoms with E-state index < -0.39 is 0 Å². The van der Waals surface area contributed by atoms with Gasteiger partial charge in [0.1, 0.15) is 0 Å². The molecule has 3 aromatic heterocycles. The van der Waals surface area contributed by atoms with Crippen molar-refractivity contribution in [2.45, 2.75) is 50.1 Å². The van der Waals surface area contributed by atoms with E-state index in [1.165, 1.54) is 0 Å². The maximum Gasteiger partial charge on any atom is 0.262 e. The monoisotopic (exact) mass is 393 g/mol. The molecule has 7 heteroatoms. The number of aryl methyl sites for hydroxylation is 1. The van der Waals surface area contributed by atoms with Gasteiger partial charge in [-0.3, -0.25) is 18.7 Å². The van der Waals surface area contributed by atoms with Crippen molar-refractivity contribution in [2.75, 3.05) is 0 Å². The Bertz CT molecular complexity index is 1150. The summed E-state index contributed by atoms with van der Waals surface area (Å²) >= 11 is 1.62. The van der Waals surface area contributed by atoms with E-state index in [9.17, 15) is 4.79 Å². The van der Waals surface area contributed by atoms with Crippen LogP contribution in [0.4, 0.5) is 0 Å². The molecule has 6 nitrogen and oxygen atoms in total. The molecule has 0 saturated heterocycles. The summed E-state index contributed by atoms with van der Waals surface area (Å²) in [4.78, 5) is 17.3. The fourth-order valence-corrected chi connectivity index (χ4v) is 4.34.